The van der Waals surface area contributed by atoms with E-state index in [4.69, 9.17) is 4.74 Å². The third-order valence-electron chi connectivity index (χ3n) is 6.16. The molecule has 0 unspecified atom stereocenters. The van der Waals surface area contributed by atoms with Crippen molar-refractivity contribution >= 4 is 35.8 Å². The van der Waals surface area contributed by atoms with Crippen LogP contribution in [0.4, 0.5) is 0 Å². The Bertz CT molecular complexity index is 501. The highest BCUT2D eigenvalue weighted by Crippen LogP contribution is 2.26. The molecule has 1 saturated carbocycles. The molecule has 2 N–H and O–H groups in total. The first-order valence-corrected chi connectivity index (χ1v) is 11.0. The Morgan fingerprint density at radius 3 is 2.03 bits per heavy atom. The average Bonchev–Trinajstić information content (AvgIpc) is 3.28. The van der Waals surface area contributed by atoms with Crippen LogP contribution >= 0.6 is 24.0 Å². The molecular weight excluding hydrogens is 483 g/mol. The zero-order chi connectivity index (χ0) is 19.6. The molecule has 0 aromatic heterocycles. The molecule has 0 spiro atoms. The Hall–Kier alpha value is -0.650. The summed E-state index contributed by atoms with van der Waals surface area (Å²) in [5.74, 6) is 1.57. The van der Waals surface area contributed by atoms with Crippen LogP contribution in [0.1, 0.15) is 25.7 Å². The molecule has 2 heterocycles. The van der Waals surface area contributed by atoms with E-state index < -0.39 is 0 Å². The van der Waals surface area contributed by atoms with Crippen LogP contribution in [0.2, 0.25) is 0 Å². The normalized spacial score (nSPS) is 22.4. The summed E-state index contributed by atoms with van der Waals surface area (Å²) < 4.78 is 5.38. The topological polar surface area (TPSA) is 72.4 Å². The number of halogens is 1. The highest BCUT2D eigenvalue weighted by atomic mass is 127. The van der Waals surface area contributed by atoms with Gasteiger partial charge in [0.1, 0.15) is 0 Å². The quantitative estimate of drug-likeness (QED) is 0.287. The Morgan fingerprint density at radius 2 is 1.48 bits per heavy atom. The SMILES string of the molecule is CN=C(NCCN1CCOCC1)NCCN1CCN(C(=O)C2CCCC2)CC1.I. The van der Waals surface area contributed by atoms with E-state index in [1.807, 2.05) is 7.05 Å². The number of carbonyl (C=O) groups excluding carboxylic acids is 1. The molecule has 3 fully saturated rings. The van der Waals surface area contributed by atoms with Gasteiger partial charge in [0.05, 0.1) is 13.2 Å². The van der Waals surface area contributed by atoms with Crippen LogP contribution in [0, 0.1) is 5.92 Å². The van der Waals surface area contributed by atoms with Crippen molar-refractivity contribution in [3.8, 4) is 0 Å². The minimum atomic E-state index is 0. The number of amides is 1. The van der Waals surface area contributed by atoms with E-state index in [2.05, 4.69) is 30.3 Å². The van der Waals surface area contributed by atoms with Gasteiger partial charge in [-0.3, -0.25) is 19.6 Å². The van der Waals surface area contributed by atoms with Gasteiger partial charge in [0.2, 0.25) is 5.91 Å². The van der Waals surface area contributed by atoms with E-state index in [1.54, 1.807) is 0 Å². The van der Waals surface area contributed by atoms with Crippen LogP contribution in [0.5, 0.6) is 0 Å². The maximum atomic E-state index is 12.5. The third-order valence-corrected chi connectivity index (χ3v) is 6.16. The average molecular weight is 522 g/mol. The molecule has 0 aromatic carbocycles. The largest absolute Gasteiger partial charge is 0.379 e. The van der Waals surface area contributed by atoms with Crippen LogP contribution in [0.3, 0.4) is 0 Å². The number of ether oxygens (including phenoxy) is 1. The molecule has 0 aromatic rings. The summed E-state index contributed by atoms with van der Waals surface area (Å²) in [4.78, 5) is 23.8. The molecule has 1 amide bonds. The maximum absolute atomic E-state index is 12.5. The molecule has 8 nitrogen and oxygen atoms in total. The molecular formula is C20H39IN6O2. The molecule has 0 radical (unpaired) electrons. The van der Waals surface area contributed by atoms with Gasteiger partial charge in [-0.2, -0.15) is 0 Å². The van der Waals surface area contributed by atoms with Gasteiger partial charge in [-0.1, -0.05) is 12.8 Å². The van der Waals surface area contributed by atoms with Crippen molar-refractivity contribution in [1.82, 2.24) is 25.3 Å². The molecule has 0 bridgehead atoms. The van der Waals surface area contributed by atoms with Crippen molar-refractivity contribution in [3.63, 3.8) is 0 Å². The maximum Gasteiger partial charge on any atom is 0.225 e. The van der Waals surface area contributed by atoms with Crippen LogP contribution in [-0.4, -0.2) is 112 Å². The van der Waals surface area contributed by atoms with E-state index in [1.165, 1.54) is 12.8 Å². The lowest BCUT2D eigenvalue weighted by atomic mass is 10.1. The molecule has 1 aliphatic carbocycles. The summed E-state index contributed by atoms with van der Waals surface area (Å²) in [5.41, 5.74) is 0. The number of morpholine rings is 1. The number of piperazine rings is 1. The number of nitrogens with one attached hydrogen (secondary N) is 2. The van der Waals surface area contributed by atoms with Crippen molar-refractivity contribution in [3.05, 3.63) is 0 Å². The van der Waals surface area contributed by atoms with Crippen molar-refractivity contribution in [2.75, 3.05) is 85.7 Å². The molecule has 168 valence electrons. The first kappa shape index (κ1) is 24.6. The second kappa shape index (κ2) is 13.6. The number of guanidine groups is 1. The van der Waals surface area contributed by atoms with E-state index in [0.717, 1.165) is 97.5 Å². The zero-order valence-corrected chi connectivity index (χ0v) is 20.2. The number of rotatable bonds is 7. The fraction of sp³-hybridized carbons (Fsp3) is 0.900. The summed E-state index contributed by atoms with van der Waals surface area (Å²) in [6.07, 6.45) is 4.65. The molecule has 2 aliphatic heterocycles. The minimum Gasteiger partial charge on any atom is -0.379 e. The Morgan fingerprint density at radius 1 is 0.931 bits per heavy atom. The van der Waals surface area contributed by atoms with Crippen molar-refractivity contribution in [2.24, 2.45) is 10.9 Å². The molecule has 9 heteroatoms. The second-order valence-corrected chi connectivity index (χ2v) is 8.03. The Kier molecular flexibility index (Phi) is 11.6. The summed E-state index contributed by atoms with van der Waals surface area (Å²) in [7, 11) is 1.82. The van der Waals surface area contributed by atoms with Gasteiger partial charge >= 0.3 is 0 Å². The molecule has 3 aliphatic rings. The number of nitrogens with zero attached hydrogens (tertiary/aromatic N) is 4. The van der Waals surface area contributed by atoms with E-state index >= 15 is 0 Å². The van der Waals surface area contributed by atoms with Gasteiger partial charge in [-0.15, -0.1) is 24.0 Å². The lowest BCUT2D eigenvalue weighted by Gasteiger charge is -2.36. The van der Waals surface area contributed by atoms with Gasteiger partial charge in [0, 0.05) is 78.4 Å². The smallest absolute Gasteiger partial charge is 0.225 e. The highest BCUT2D eigenvalue weighted by Gasteiger charge is 2.29. The fourth-order valence-corrected chi connectivity index (χ4v) is 4.33. The summed E-state index contributed by atoms with van der Waals surface area (Å²) in [6.45, 7) is 11.2. The van der Waals surface area contributed by atoms with Crippen LogP contribution in [-0.2, 0) is 9.53 Å². The van der Waals surface area contributed by atoms with Gasteiger partial charge in [0.15, 0.2) is 5.96 Å². The Balaban J connectivity index is 0.00000300. The summed E-state index contributed by atoms with van der Waals surface area (Å²) in [5, 5.41) is 6.80. The van der Waals surface area contributed by atoms with Crippen LogP contribution in [0.15, 0.2) is 4.99 Å². The Labute approximate surface area is 192 Å². The van der Waals surface area contributed by atoms with Gasteiger partial charge in [-0.05, 0) is 12.8 Å². The molecule has 0 atom stereocenters. The first-order chi connectivity index (χ1) is 13.8. The van der Waals surface area contributed by atoms with Crippen molar-refractivity contribution in [2.45, 2.75) is 25.7 Å². The molecule has 2 saturated heterocycles. The van der Waals surface area contributed by atoms with Crippen LogP contribution in [0.25, 0.3) is 0 Å². The van der Waals surface area contributed by atoms with E-state index in [9.17, 15) is 4.79 Å². The monoisotopic (exact) mass is 522 g/mol. The third kappa shape index (κ3) is 8.18. The lowest BCUT2D eigenvalue weighted by Crippen LogP contribution is -2.52. The summed E-state index contributed by atoms with van der Waals surface area (Å²) >= 11 is 0. The first-order valence-electron chi connectivity index (χ1n) is 11.0. The van der Waals surface area contributed by atoms with Gasteiger partial charge in [-0.25, -0.2) is 0 Å². The lowest BCUT2D eigenvalue weighted by molar-refractivity contribution is -0.137. The number of hydrogen-bond acceptors (Lipinski definition) is 5. The standard InChI is InChI=1S/C20H38N6O2.HI/c1-21-20(23-7-9-25-14-16-28-17-15-25)22-6-8-24-10-12-26(13-11-24)19(27)18-4-2-3-5-18;/h18H,2-17H2,1H3,(H2,21,22,23);1H. The summed E-state index contributed by atoms with van der Waals surface area (Å²) in [6, 6.07) is 0. The van der Waals surface area contributed by atoms with E-state index in [-0.39, 0.29) is 24.0 Å². The second-order valence-electron chi connectivity index (χ2n) is 8.03. The number of carbonyl (C=O) groups is 1. The van der Waals surface area contributed by atoms with Gasteiger partial charge in [0.25, 0.3) is 0 Å². The highest BCUT2D eigenvalue weighted by molar-refractivity contribution is 14.0. The molecule has 3 rings (SSSR count). The van der Waals surface area contributed by atoms with Crippen molar-refractivity contribution < 1.29 is 9.53 Å². The van der Waals surface area contributed by atoms with Crippen LogP contribution < -0.4 is 10.6 Å². The van der Waals surface area contributed by atoms with E-state index in [0.29, 0.717) is 11.8 Å². The van der Waals surface area contributed by atoms with Gasteiger partial charge < -0.3 is 20.3 Å². The predicted octanol–water partition coefficient (Wildman–Crippen LogP) is 0.436. The predicted molar refractivity (Wildman–Crippen MR) is 127 cm³/mol. The fourth-order valence-electron chi connectivity index (χ4n) is 4.33. The van der Waals surface area contributed by atoms with Crippen molar-refractivity contribution in [1.29, 1.82) is 0 Å². The zero-order valence-electron chi connectivity index (χ0n) is 17.9. The number of aliphatic imine (C=N–C) groups is 1. The molecule has 29 heavy (non-hydrogen) atoms. The number of hydrogen-bond donors (Lipinski definition) is 2. The minimum absolute atomic E-state index is 0.